The minimum atomic E-state index is -4.33. The summed E-state index contributed by atoms with van der Waals surface area (Å²) in [6, 6.07) is 4.74. The van der Waals surface area contributed by atoms with Gasteiger partial charge in [0.1, 0.15) is 6.29 Å². The fraction of sp³-hybridized carbons (Fsp3) is 0.300. The molecular formula is C10H11F3O2. The summed E-state index contributed by atoms with van der Waals surface area (Å²) in [6.07, 6.45) is -3.74. The van der Waals surface area contributed by atoms with Gasteiger partial charge in [0.2, 0.25) is 0 Å². The molecular weight excluding hydrogens is 209 g/mol. The molecule has 1 rings (SSSR count). The number of aliphatic hydroxyl groups is 1. The second-order valence-corrected chi connectivity index (χ2v) is 2.57. The number of benzene rings is 1. The van der Waals surface area contributed by atoms with Gasteiger partial charge in [0.05, 0.1) is 5.56 Å². The first-order chi connectivity index (χ1) is 7.04. The Morgan fingerprint density at radius 3 is 2.40 bits per heavy atom. The van der Waals surface area contributed by atoms with E-state index in [9.17, 15) is 18.0 Å². The third-order valence-corrected chi connectivity index (χ3v) is 1.57. The van der Waals surface area contributed by atoms with Gasteiger partial charge in [-0.05, 0) is 11.6 Å². The smallest absolute Gasteiger partial charge is 0.400 e. The summed E-state index contributed by atoms with van der Waals surface area (Å²) in [4.78, 5) is 10.1. The van der Waals surface area contributed by atoms with Crippen LogP contribution in [0.4, 0.5) is 13.2 Å². The maximum atomic E-state index is 12.1. The Balaban J connectivity index is 0.000000921. The van der Waals surface area contributed by atoms with Crippen molar-refractivity contribution >= 4 is 6.29 Å². The first kappa shape index (κ1) is 13.6. The molecule has 15 heavy (non-hydrogen) atoms. The third kappa shape index (κ3) is 4.60. The quantitative estimate of drug-likeness (QED) is 0.774. The Bertz CT molecular complexity index is 308. The molecule has 0 atom stereocenters. The van der Waals surface area contributed by atoms with Gasteiger partial charge in [0.25, 0.3) is 0 Å². The van der Waals surface area contributed by atoms with E-state index in [2.05, 4.69) is 0 Å². The van der Waals surface area contributed by atoms with Gasteiger partial charge in [-0.25, -0.2) is 0 Å². The van der Waals surface area contributed by atoms with Crippen molar-refractivity contribution in [3.8, 4) is 0 Å². The summed E-state index contributed by atoms with van der Waals surface area (Å²) >= 11 is 0. The van der Waals surface area contributed by atoms with Crippen molar-refractivity contribution < 1.29 is 23.1 Å². The highest BCUT2D eigenvalue weighted by molar-refractivity contribution is 5.55. The van der Waals surface area contributed by atoms with Gasteiger partial charge in [0, 0.05) is 13.5 Å². The average molecular weight is 220 g/mol. The van der Waals surface area contributed by atoms with Crippen molar-refractivity contribution in [3.05, 3.63) is 35.4 Å². The number of carbonyl (C=O) groups excluding carboxylic acids is 1. The molecule has 84 valence electrons. The van der Waals surface area contributed by atoms with E-state index in [0.29, 0.717) is 11.8 Å². The molecule has 1 aromatic carbocycles. The second kappa shape index (κ2) is 6.19. The molecule has 0 aromatic heterocycles. The van der Waals surface area contributed by atoms with Crippen LogP contribution >= 0.6 is 0 Å². The van der Waals surface area contributed by atoms with Crippen LogP contribution in [0.2, 0.25) is 0 Å². The summed E-state index contributed by atoms with van der Waals surface area (Å²) in [5.41, 5.74) is -0.336. The van der Waals surface area contributed by atoms with Gasteiger partial charge in [0.15, 0.2) is 0 Å². The predicted molar refractivity (Wildman–Crippen MR) is 49.4 cm³/mol. The summed E-state index contributed by atoms with van der Waals surface area (Å²) in [7, 11) is 1.00. The molecule has 0 saturated heterocycles. The Morgan fingerprint density at radius 1 is 1.33 bits per heavy atom. The molecule has 0 amide bonds. The zero-order chi connectivity index (χ0) is 11.9. The van der Waals surface area contributed by atoms with Crippen molar-refractivity contribution in [1.82, 2.24) is 0 Å². The van der Waals surface area contributed by atoms with Crippen LogP contribution in [-0.2, 0) is 17.4 Å². The fourth-order valence-electron chi connectivity index (χ4n) is 0.971. The van der Waals surface area contributed by atoms with Crippen LogP contribution < -0.4 is 0 Å². The van der Waals surface area contributed by atoms with E-state index in [1.54, 1.807) is 0 Å². The minimum Gasteiger partial charge on any atom is -0.400 e. The summed E-state index contributed by atoms with van der Waals surface area (Å²) in [5.74, 6) is 0. The molecule has 0 aliphatic rings. The van der Waals surface area contributed by atoms with Crippen molar-refractivity contribution in [2.45, 2.75) is 12.6 Å². The van der Waals surface area contributed by atoms with Gasteiger partial charge < -0.3 is 9.90 Å². The number of carbonyl (C=O) groups is 1. The van der Waals surface area contributed by atoms with Gasteiger partial charge in [-0.2, -0.15) is 13.2 Å². The molecule has 0 radical (unpaired) electrons. The van der Waals surface area contributed by atoms with E-state index >= 15 is 0 Å². The number of rotatable bonds is 2. The molecule has 0 bridgehead atoms. The van der Waals surface area contributed by atoms with Crippen molar-refractivity contribution in [2.24, 2.45) is 0 Å². The van der Waals surface area contributed by atoms with E-state index in [1.165, 1.54) is 12.1 Å². The lowest BCUT2D eigenvalue weighted by Crippen LogP contribution is -2.05. The lowest BCUT2D eigenvalue weighted by Gasteiger charge is -2.06. The average Bonchev–Trinajstić information content (AvgIpc) is 2.21. The minimum absolute atomic E-state index is 0.0178. The summed E-state index contributed by atoms with van der Waals surface area (Å²) in [5, 5.41) is 7.00. The number of alkyl halides is 3. The van der Waals surface area contributed by atoms with Crippen LogP contribution in [0.3, 0.4) is 0 Å². The van der Waals surface area contributed by atoms with E-state index in [0.717, 1.165) is 19.2 Å². The number of aldehydes is 1. The highest BCUT2D eigenvalue weighted by Gasteiger charge is 2.30. The zero-order valence-electron chi connectivity index (χ0n) is 8.08. The normalized spacial score (nSPS) is 10.2. The molecule has 0 saturated carbocycles. The second-order valence-electron chi connectivity index (χ2n) is 2.57. The van der Waals surface area contributed by atoms with Crippen LogP contribution in [0.5, 0.6) is 0 Å². The number of halogens is 3. The molecule has 5 heteroatoms. The molecule has 1 aromatic rings. The lowest BCUT2D eigenvalue weighted by molar-refractivity contribution is -0.137. The van der Waals surface area contributed by atoms with Crippen LogP contribution in [-0.4, -0.2) is 18.5 Å². The lowest BCUT2D eigenvalue weighted by atomic mass is 10.1. The Morgan fingerprint density at radius 2 is 1.93 bits per heavy atom. The molecule has 0 heterocycles. The van der Waals surface area contributed by atoms with Gasteiger partial charge >= 0.3 is 6.18 Å². The highest BCUT2D eigenvalue weighted by Crippen LogP contribution is 2.29. The monoisotopic (exact) mass is 220 g/mol. The first-order valence-electron chi connectivity index (χ1n) is 4.08. The zero-order valence-corrected chi connectivity index (χ0v) is 8.08. The van der Waals surface area contributed by atoms with Crippen LogP contribution in [0.1, 0.15) is 11.1 Å². The molecule has 0 unspecified atom stereocenters. The topological polar surface area (TPSA) is 37.3 Å². The summed E-state index contributed by atoms with van der Waals surface area (Å²) < 4.78 is 36.4. The maximum Gasteiger partial charge on any atom is 0.416 e. The third-order valence-electron chi connectivity index (χ3n) is 1.57. The number of hydrogen-bond donors (Lipinski definition) is 1. The molecule has 0 spiro atoms. The predicted octanol–water partition coefficient (Wildman–Crippen LogP) is 2.06. The molecule has 0 fully saturated rings. The van der Waals surface area contributed by atoms with Crippen molar-refractivity contribution in [2.75, 3.05) is 7.11 Å². The summed E-state index contributed by atoms with van der Waals surface area (Å²) in [6.45, 7) is 0. The van der Waals surface area contributed by atoms with Crippen molar-refractivity contribution in [3.63, 3.8) is 0 Å². The fourth-order valence-corrected chi connectivity index (χ4v) is 0.971. The number of hydrogen-bond acceptors (Lipinski definition) is 2. The first-order valence-corrected chi connectivity index (χ1v) is 4.08. The van der Waals surface area contributed by atoms with E-state index in [1.807, 2.05) is 0 Å². The maximum absolute atomic E-state index is 12.1. The van der Waals surface area contributed by atoms with E-state index < -0.39 is 11.7 Å². The molecule has 0 aliphatic carbocycles. The van der Waals surface area contributed by atoms with Crippen LogP contribution in [0, 0.1) is 0 Å². The molecule has 0 aliphatic heterocycles. The van der Waals surface area contributed by atoms with E-state index in [4.69, 9.17) is 5.11 Å². The van der Waals surface area contributed by atoms with Crippen molar-refractivity contribution in [1.29, 1.82) is 0 Å². The Labute approximate surface area is 85.3 Å². The highest BCUT2D eigenvalue weighted by atomic mass is 19.4. The molecule has 2 nitrogen and oxygen atoms in total. The van der Waals surface area contributed by atoms with Gasteiger partial charge in [-0.15, -0.1) is 0 Å². The van der Waals surface area contributed by atoms with Crippen LogP contribution in [0.15, 0.2) is 24.3 Å². The van der Waals surface area contributed by atoms with Gasteiger partial charge in [-0.3, -0.25) is 0 Å². The van der Waals surface area contributed by atoms with Crippen LogP contribution in [0.25, 0.3) is 0 Å². The van der Waals surface area contributed by atoms with Gasteiger partial charge in [-0.1, -0.05) is 18.2 Å². The Hall–Kier alpha value is -1.36. The standard InChI is InChI=1S/C9H7F3O.CH4O/c10-9(11,12)8-3-1-2-7(6-8)4-5-13;1-2/h1-3,5-6H,4H2;2H,1H3. The van der Waals surface area contributed by atoms with E-state index in [-0.39, 0.29) is 6.42 Å². The largest absolute Gasteiger partial charge is 0.416 e. The number of aliphatic hydroxyl groups excluding tert-OH is 1. The molecule has 1 N–H and O–H groups in total. The SMILES string of the molecule is CO.O=CCc1cccc(C(F)(F)F)c1. The Kier molecular flexibility index (Phi) is 5.62.